The van der Waals surface area contributed by atoms with Crippen molar-refractivity contribution < 1.29 is 17.9 Å². The van der Waals surface area contributed by atoms with Gasteiger partial charge in [0.1, 0.15) is 6.61 Å². The number of benzene rings is 1. The molecule has 1 atom stereocenters. The Morgan fingerprint density at radius 3 is 2.42 bits per heavy atom. The van der Waals surface area contributed by atoms with E-state index in [1.807, 2.05) is 0 Å². The van der Waals surface area contributed by atoms with Crippen LogP contribution in [0.25, 0.3) is 0 Å². The fourth-order valence-electron chi connectivity index (χ4n) is 5.86. The normalized spacial score (nSPS) is 21.9. The van der Waals surface area contributed by atoms with Gasteiger partial charge in [-0.25, -0.2) is 22.6 Å². The summed E-state index contributed by atoms with van der Waals surface area (Å²) in [6.07, 6.45) is 9.59. The molecule has 2 aliphatic carbocycles. The van der Waals surface area contributed by atoms with Crippen molar-refractivity contribution in [1.29, 1.82) is 0 Å². The first-order chi connectivity index (χ1) is 16.0. The highest BCUT2D eigenvalue weighted by Crippen LogP contribution is 2.38. The summed E-state index contributed by atoms with van der Waals surface area (Å²) in [5, 5.41) is 7.13. The molecule has 176 valence electrons. The summed E-state index contributed by atoms with van der Waals surface area (Å²) >= 11 is 0. The fourth-order valence-corrected chi connectivity index (χ4v) is 6.84. The molecule has 1 aromatic carbocycles. The number of urea groups is 1. The highest BCUT2D eigenvalue weighted by atomic mass is 32.2. The number of ether oxygens (including phenoxy) is 1. The first-order valence-electron chi connectivity index (χ1n) is 11.9. The quantitative estimate of drug-likeness (QED) is 0.709. The maximum atomic E-state index is 13.1. The van der Waals surface area contributed by atoms with Crippen LogP contribution in [0.4, 0.5) is 10.5 Å². The van der Waals surface area contributed by atoms with Crippen molar-refractivity contribution in [2.75, 3.05) is 25.0 Å². The number of nitrogens with zero attached hydrogens (tertiary/aromatic N) is 3. The molecule has 0 spiro atoms. The van der Waals surface area contributed by atoms with Gasteiger partial charge in [-0.3, -0.25) is 4.90 Å². The van der Waals surface area contributed by atoms with Crippen LogP contribution < -0.4 is 14.8 Å². The number of aryl methyl sites for hydroxylation is 2. The molecule has 0 bridgehead atoms. The third-order valence-corrected chi connectivity index (χ3v) is 8.75. The van der Waals surface area contributed by atoms with Crippen LogP contribution >= 0.6 is 0 Å². The third kappa shape index (κ3) is 3.69. The van der Waals surface area contributed by atoms with Crippen LogP contribution in [0.15, 0.2) is 17.2 Å². The molecule has 6 rings (SSSR count). The first kappa shape index (κ1) is 21.0. The number of hydrogen-bond acceptors (Lipinski definition) is 6. The number of likely N-dealkylation sites (tertiary alicyclic amines) is 1. The Morgan fingerprint density at radius 2 is 1.73 bits per heavy atom. The molecule has 0 saturated carbocycles. The highest BCUT2D eigenvalue weighted by molar-refractivity contribution is 7.90. The number of carbonyl (C=O) groups is 1. The molecule has 9 nitrogen and oxygen atoms in total. The minimum atomic E-state index is -4.13. The second-order valence-electron chi connectivity index (χ2n) is 9.50. The van der Waals surface area contributed by atoms with Crippen LogP contribution in [-0.4, -0.2) is 54.9 Å². The molecular weight excluding hydrogens is 442 g/mol. The standard InChI is InChI=1S/C23H29N5O4S/c29-23(25-21-18-7-3-5-15(18)11-16-6-4-8-19(16)21)26-33(30,31)20-12-24-28-13-17(14-32-22(20)28)27-9-1-2-10-27/h11-12,17H,1-10,13-14H2,(H2,25,26,29)/t17-/m1/s1. The second-order valence-corrected chi connectivity index (χ2v) is 11.1. The zero-order valence-electron chi connectivity index (χ0n) is 18.6. The Bertz CT molecular complexity index is 1180. The van der Waals surface area contributed by atoms with Gasteiger partial charge in [-0.15, -0.1) is 0 Å². The van der Waals surface area contributed by atoms with E-state index >= 15 is 0 Å². The number of rotatable bonds is 4. The molecular formula is C23H29N5O4S. The molecule has 2 aromatic rings. The number of anilines is 1. The number of hydrogen-bond donors (Lipinski definition) is 2. The van der Waals surface area contributed by atoms with Gasteiger partial charge in [0.05, 0.1) is 18.8 Å². The summed E-state index contributed by atoms with van der Waals surface area (Å²) in [4.78, 5) is 15.1. The van der Waals surface area contributed by atoms with Gasteiger partial charge in [0, 0.05) is 5.69 Å². The smallest absolute Gasteiger partial charge is 0.333 e. The molecule has 2 amide bonds. The molecule has 33 heavy (non-hydrogen) atoms. The van der Waals surface area contributed by atoms with Gasteiger partial charge in [-0.05, 0) is 86.7 Å². The van der Waals surface area contributed by atoms with Crippen LogP contribution in [0.5, 0.6) is 5.88 Å². The Morgan fingerprint density at radius 1 is 1.03 bits per heavy atom. The van der Waals surface area contributed by atoms with E-state index in [2.05, 4.69) is 26.1 Å². The Balaban J connectivity index is 1.20. The van der Waals surface area contributed by atoms with Crippen molar-refractivity contribution in [3.63, 3.8) is 0 Å². The predicted molar refractivity (Wildman–Crippen MR) is 122 cm³/mol. The maximum Gasteiger partial charge on any atom is 0.333 e. The number of carbonyl (C=O) groups excluding carboxylic acids is 1. The number of aromatic nitrogens is 2. The summed E-state index contributed by atoms with van der Waals surface area (Å²) in [7, 11) is -4.13. The molecule has 4 aliphatic rings. The minimum Gasteiger partial charge on any atom is -0.475 e. The minimum absolute atomic E-state index is 0.0963. The lowest BCUT2D eigenvalue weighted by atomic mass is 9.99. The van der Waals surface area contributed by atoms with Crippen LogP contribution in [0.3, 0.4) is 0 Å². The van der Waals surface area contributed by atoms with Crippen LogP contribution in [0.2, 0.25) is 0 Å². The van der Waals surface area contributed by atoms with Crippen molar-refractivity contribution in [3.05, 3.63) is 34.5 Å². The number of fused-ring (bicyclic) bond motifs is 3. The van der Waals surface area contributed by atoms with E-state index in [0.717, 1.165) is 68.4 Å². The Hall–Kier alpha value is -2.59. The zero-order chi connectivity index (χ0) is 22.6. The van der Waals surface area contributed by atoms with Gasteiger partial charge in [0.15, 0.2) is 4.90 Å². The zero-order valence-corrected chi connectivity index (χ0v) is 19.4. The number of amides is 2. The largest absolute Gasteiger partial charge is 0.475 e. The van der Waals surface area contributed by atoms with Gasteiger partial charge in [-0.1, -0.05) is 6.07 Å². The van der Waals surface area contributed by atoms with Crippen molar-refractivity contribution >= 4 is 21.7 Å². The molecule has 10 heteroatoms. The van der Waals surface area contributed by atoms with E-state index in [1.54, 1.807) is 4.68 Å². The Labute approximate surface area is 193 Å². The van der Waals surface area contributed by atoms with Gasteiger partial charge < -0.3 is 10.1 Å². The summed E-state index contributed by atoms with van der Waals surface area (Å²) in [5.41, 5.74) is 5.68. The third-order valence-electron chi connectivity index (χ3n) is 7.44. The van der Waals surface area contributed by atoms with Gasteiger partial charge >= 0.3 is 6.03 Å². The van der Waals surface area contributed by atoms with Crippen LogP contribution in [0.1, 0.15) is 47.9 Å². The lowest BCUT2D eigenvalue weighted by Crippen LogP contribution is -2.44. The van der Waals surface area contributed by atoms with Crippen molar-refractivity contribution in [3.8, 4) is 5.88 Å². The van der Waals surface area contributed by atoms with E-state index in [9.17, 15) is 13.2 Å². The summed E-state index contributed by atoms with van der Waals surface area (Å²) in [5.74, 6) is 0.201. The molecule has 3 heterocycles. The lowest BCUT2D eigenvalue weighted by molar-refractivity contribution is 0.0993. The predicted octanol–water partition coefficient (Wildman–Crippen LogP) is 2.23. The SMILES string of the molecule is O=C(Nc1c2c(cc3c1CCC3)CCC2)NS(=O)(=O)c1cnn2c1OC[C@H](N1CCCC1)C2. The van der Waals surface area contributed by atoms with Crippen molar-refractivity contribution in [1.82, 2.24) is 19.4 Å². The monoisotopic (exact) mass is 471 g/mol. The van der Waals surface area contributed by atoms with Gasteiger partial charge in [-0.2, -0.15) is 5.10 Å². The Kier molecular flexibility index (Phi) is 5.10. The van der Waals surface area contributed by atoms with E-state index in [0.29, 0.717) is 13.2 Å². The topological polar surface area (TPSA) is 106 Å². The van der Waals surface area contributed by atoms with Gasteiger partial charge in [0.25, 0.3) is 10.0 Å². The second kappa shape index (κ2) is 8.02. The highest BCUT2D eigenvalue weighted by Gasteiger charge is 2.34. The molecule has 0 radical (unpaired) electrons. The summed E-state index contributed by atoms with van der Waals surface area (Å²) in [6.45, 7) is 3.07. The first-order valence-corrected chi connectivity index (χ1v) is 13.4. The molecule has 2 N–H and O–H groups in total. The number of sulfonamides is 1. The fraction of sp³-hybridized carbons (Fsp3) is 0.565. The van der Waals surface area contributed by atoms with Crippen molar-refractivity contribution in [2.24, 2.45) is 0 Å². The molecule has 0 unspecified atom stereocenters. The molecule has 2 aliphatic heterocycles. The lowest BCUT2D eigenvalue weighted by Gasteiger charge is -2.31. The van der Waals surface area contributed by atoms with E-state index in [-0.39, 0.29) is 16.8 Å². The van der Waals surface area contributed by atoms with Gasteiger partial charge in [0.2, 0.25) is 5.88 Å². The van der Waals surface area contributed by atoms with E-state index in [4.69, 9.17) is 4.74 Å². The van der Waals surface area contributed by atoms with E-state index < -0.39 is 16.1 Å². The average molecular weight is 472 g/mol. The van der Waals surface area contributed by atoms with Crippen molar-refractivity contribution in [2.45, 2.75) is 68.8 Å². The van der Waals surface area contributed by atoms with E-state index in [1.165, 1.54) is 30.2 Å². The molecule has 1 fully saturated rings. The van der Waals surface area contributed by atoms with Crippen LogP contribution in [0, 0.1) is 0 Å². The molecule has 1 aromatic heterocycles. The summed E-state index contributed by atoms with van der Waals surface area (Å²) in [6, 6.07) is 1.72. The average Bonchev–Trinajstić information content (AvgIpc) is 3.59. The molecule has 1 saturated heterocycles. The maximum absolute atomic E-state index is 13.1. The van der Waals surface area contributed by atoms with Crippen LogP contribution in [-0.2, 0) is 42.3 Å². The summed E-state index contributed by atoms with van der Waals surface area (Å²) < 4.78 is 35.7. The number of nitrogens with one attached hydrogen (secondary N) is 2.